The highest BCUT2D eigenvalue weighted by molar-refractivity contribution is 6.01. The number of rotatable bonds is 6. The van der Waals surface area contributed by atoms with Gasteiger partial charge in [0.15, 0.2) is 0 Å². The average molecular weight is 639 g/mol. The van der Waals surface area contributed by atoms with Gasteiger partial charge in [0, 0.05) is 13.1 Å². The first kappa shape index (κ1) is 35.7. The van der Waals surface area contributed by atoms with Gasteiger partial charge in [-0.15, -0.1) is 6.58 Å². The second kappa shape index (κ2) is 15.5. The van der Waals surface area contributed by atoms with E-state index in [2.05, 4.69) is 17.2 Å². The molecule has 12 nitrogen and oxygen atoms in total. The van der Waals surface area contributed by atoms with E-state index in [4.69, 9.17) is 18.9 Å². The summed E-state index contributed by atoms with van der Waals surface area (Å²) in [5.41, 5.74) is 0.131. The lowest BCUT2D eigenvalue weighted by atomic mass is 10.2. The monoisotopic (exact) mass is 638 g/mol. The number of fused-ring (bicyclic) bond motifs is 2. The van der Waals surface area contributed by atoms with Crippen molar-refractivity contribution in [3.05, 3.63) is 61.2 Å². The summed E-state index contributed by atoms with van der Waals surface area (Å²) in [5, 5.41) is 5.19. The SMILES string of the molecule is C=CCN1C(=O)[C@@H](NC(=O)OC(C)(C)C)COc2ccccc21.CCCN1C(=O)[C@@H](NC(=O)OC(C)(C)C)COc2ccccc21. The number of alkyl carbamates (subject to hydrolysis) is 2. The Labute approximate surface area is 271 Å². The van der Waals surface area contributed by atoms with Crippen LogP contribution in [-0.2, 0) is 19.1 Å². The number of para-hydroxylation sites is 4. The molecule has 0 saturated carbocycles. The van der Waals surface area contributed by atoms with E-state index in [1.54, 1.807) is 64.7 Å². The molecule has 0 spiro atoms. The summed E-state index contributed by atoms with van der Waals surface area (Å²) in [6.07, 6.45) is 1.16. The van der Waals surface area contributed by atoms with E-state index in [0.29, 0.717) is 30.3 Å². The van der Waals surface area contributed by atoms with Crippen LogP contribution in [0.3, 0.4) is 0 Å². The van der Waals surface area contributed by atoms with Crippen LogP contribution in [-0.4, -0.2) is 73.6 Å². The molecule has 2 aromatic rings. The van der Waals surface area contributed by atoms with Crippen molar-refractivity contribution >= 4 is 35.4 Å². The lowest BCUT2D eigenvalue weighted by Gasteiger charge is -2.25. The van der Waals surface area contributed by atoms with E-state index < -0.39 is 35.5 Å². The molecule has 0 fully saturated rings. The number of amides is 4. The Morgan fingerprint density at radius 1 is 0.804 bits per heavy atom. The number of hydrogen-bond donors (Lipinski definition) is 2. The van der Waals surface area contributed by atoms with Crippen LogP contribution in [0.5, 0.6) is 11.5 Å². The van der Waals surface area contributed by atoms with Gasteiger partial charge in [-0.1, -0.05) is 37.3 Å². The van der Waals surface area contributed by atoms with Gasteiger partial charge in [0.05, 0.1) is 11.4 Å². The van der Waals surface area contributed by atoms with Gasteiger partial charge < -0.3 is 39.4 Å². The van der Waals surface area contributed by atoms with Crippen LogP contribution in [0.1, 0.15) is 54.9 Å². The highest BCUT2D eigenvalue weighted by Crippen LogP contribution is 2.32. The number of benzene rings is 2. The Morgan fingerprint density at radius 3 is 1.63 bits per heavy atom. The first-order valence-electron chi connectivity index (χ1n) is 15.3. The number of nitrogens with one attached hydrogen (secondary N) is 2. The topological polar surface area (TPSA) is 136 Å². The minimum Gasteiger partial charge on any atom is -0.489 e. The van der Waals surface area contributed by atoms with Gasteiger partial charge in [-0.2, -0.15) is 0 Å². The van der Waals surface area contributed by atoms with Crippen molar-refractivity contribution in [1.82, 2.24) is 10.6 Å². The van der Waals surface area contributed by atoms with Crippen molar-refractivity contribution in [2.24, 2.45) is 0 Å². The maximum atomic E-state index is 12.8. The Bertz CT molecular complexity index is 1400. The Balaban J connectivity index is 0.000000250. The molecule has 0 bridgehead atoms. The zero-order chi connectivity index (χ0) is 34.1. The summed E-state index contributed by atoms with van der Waals surface area (Å²) in [5.74, 6) is 0.780. The number of carbonyl (C=O) groups is 4. The van der Waals surface area contributed by atoms with Gasteiger partial charge in [-0.05, 0) is 72.2 Å². The molecule has 2 aliphatic heterocycles. The number of ether oxygens (including phenoxy) is 4. The molecule has 4 rings (SSSR count). The standard InChI is InChI=1S/C17H24N2O4.C17H22N2O4/c2*1-5-10-19-13-8-6-7-9-14(13)22-11-12(15(19)20)18-16(21)23-17(2,3)4/h6-9,12H,5,10-11H2,1-4H3,(H,18,21);5-9,12H,1,10-11H2,2-4H3,(H,18,21)/t2*12-/m00/s1. The lowest BCUT2D eigenvalue weighted by Crippen LogP contribution is -2.51. The molecule has 2 atom stereocenters. The Hall–Kier alpha value is -4.74. The van der Waals surface area contributed by atoms with E-state index in [1.807, 2.05) is 43.3 Å². The van der Waals surface area contributed by atoms with Crippen LogP contribution < -0.4 is 29.9 Å². The zero-order valence-electron chi connectivity index (χ0n) is 27.8. The second-order valence-electron chi connectivity index (χ2n) is 12.7. The van der Waals surface area contributed by atoms with Crippen molar-refractivity contribution in [2.75, 3.05) is 36.1 Å². The molecular formula is C34H46N4O8. The summed E-state index contributed by atoms with van der Waals surface area (Å²) in [4.78, 5) is 52.6. The maximum Gasteiger partial charge on any atom is 0.408 e. The smallest absolute Gasteiger partial charge is 0.408 e. The van der Waals surface area contributed by atoms with Crippen molar-refractivity contribution in [2.45, 2.75) is 78.2 Å². The second-order valence-corrected chi connectivity index (χ2v) is 12.7. The molecule has 2 N–H and O–H groups in total. The van der Waals surface area contributed by atoms with Gasteiger partial charge >= 0.3 is 12.2 Å². The van der Waals surface area contributed by atoms with Crippen LogP contribution in [0.2, 0.25) is 0 Å². The molecule has 2 heterocycles. The fraction of sp³-hybridized carbons (Fsp3) is 0.471. The summed E-state index contributed by atoms with van der Waals surface area (Å²) >= 11 is 0. The van der Waals surface area contributed by atoms with Crippen molar-refractivity contribution in [3.8, 4) is 11.5 Å². The van der Waals surface area contributed by atoms with Crippen LogP contribution >= 0.6 is 0 Å². The molecule has 2 aromatic carbocycles. The molecule has 12 heteroatoms. The fourth-order valence-electron chi connectivity index (χ4n) is 4.58. The molecule has 46 heavy (non-hydrogen) atoms. The quantitative estimate of drug-likeness (QED) is 0.412. The molecule has 0 saturated heterocycles. The number of hydrogen-bond acceptors (Lipinski definition) is 8. The van der Waals surface area contributed by atoms with Crippen LogP contribution in [0.4, 0.5) is 21.0 Å². The van der Waals surface area contributed by atoms with Gasteiger partial charge in [0.1, 0.15) is 48.0 Å². The molecule has 2 aliphatic rings. The molecule has 4 amide bonds. The van der Waals surface area contributed by atoms with E-state index in [9.17, 15) is 19.2 Å². The molecular weight excluding hydrogens is 592 g/mol. The third-order valence-electron chi connectivity index (χ3n) is 6.39. The largest absolute Gasteiger partial charge is 0.489 e. The Morgan fingerprint density at radius 2 is 1.22 bits per heavy atom. The van der Waals surface area contributed by atoms with Crippen molar-refractivity contribution in [3.63, 3.8) is 0 Å². The van der Waals surface area contributed by atoms with Gasteiger partial charge in [-0.3, -0.25) is 9.59 Å². The lowest BCUT2D eigenvalue weighted by molar-refractivity contribution is -0.121. The van der Waals surface area contributed by atoms with Crippen molar-refractivity contribution in [1.29, 1.82) is 0 Å². The Kier molecular flexibility index (Phi) is 12.0. The van der Waals surface area contributed by atoms with Crippen LogP contribution in [0.25, 0.3) is 0 Å². The minimum absolute atomic E-state index is 0.0444. The predicted octanol–water partition coefficient (Wildman–Crippen LogP) is 5.21. The highest BCUT2D eigenvalue weighted by Gasteiger charge is 2.34. The summed E-state index contributed by atoms with van der Waals surface area (Å²) in [7, 11) is 0. The molecule has 250 valence electrons. The number of nitrogens with zero attached hydrogens (tertiary/aromatic N) is 2. The molecule has 0 radical (unpaired) electrons. The van der Waals surface area contributed by atoms with Crippen molar-refractivity contribution < 1.29 is 38.1 Å². The maximum absolute atomic E-state index is 12.8. The predicted molar refractivity (Wildman–Crippen MR) is 175 cm³/mol. The third kappa shape index (κ3) is 10.1. The fourth-order valence-corrected chi connectivity index (χ4v) is 4.58. The minimum atomic E-state index is -0.822. The van der Waals surface area contributed by atoms with E-state index in [-0.39, 0.29) is 25.0 Å². The van der Waals surface area contributed by atoms with E-state index in [1.165, 1.54) is 4.90 Å². The first-order valence-corrected chi connectivity index (χ1v) is 15.3. The van der Waals surface area contributed by atoms with Crippen LogP contribution in [0, 0.1) is 0 Å². The third-order valence-corrected chi connectivity index (χ3v) is 6.39. The first-order chi connectivity index (χ1) is 21.6. The molecule has 0 aromatic heterocycles. The van der Waals surface area contributed by atoms with Gasteiger partial charge in [0.25, 0.3) is 11.8 Å². The normalized spacial score (nSPS) is 17.7. The molecule has 0 aliphatic carbocycles. The average Bonchev–Trinajstić information content (AvgIpc) is 3.17. The van der Waals surface area contributed by atoms with E-state index in [0.717, 1.165) is 12.1 Å². The van der Waals surface area contributed by atoms with Crippen LogP contribution in [0.15, 0.2) is 61.2 Å². The van der Waals surface area contributed by atoms with E-state index >= 15 is 0 Å². The number of anilines is 2. The van der Waals surface area contributed by atoms with Gasteiger partial charge in [0.2, 0.25) is 0 Å². The molecule has 0 unspecified atom stereocenters. The summed E-state index contributed by atoms with van der Waals surface area (Å²) in [6.45, 7) is 17.3. The zero-order valence-corrected chi connectivity index (χ0v) is 27.8. The van der Waals surface area contributed by atoms with Gasteiger partial charge in [-0.25, -0.2) is 9.59 Å². The summed E-state index contributed by atoms with van der Waals surface area (Å²) in [6, 6.07) is 13.0. The summed E-state index contributed by atoms with van der Waals surface area (Å²) < 4.78 is 21.8. The number of carbonyl (C=O) groups excluding carboxylic acids is 4. The highest BCUT2D eigenvalue weighted by atomic mass is 16.6.